The summed E-state index contributed by atoms with van der Waals surface area (Å²) in [7, 11) is 0. The molecule has 2 heterocycles. The van der Waals surface area contributed by atoms with Gasteiger partial charge >= 0.3 is 0 Å². The molecule has 6 heteroatoms. The minimum Gasteiger partial charge on any atom is -0.354 e. The second kappa shape index (κ2) is 7.70. The minimum absolute atomic E-state index is 0.101. The summed E-state index contributed by atoms with van der Waals surface area (Å²) < 4.78 is 13.6. The molecule has 27 heavy (non-hydrogen) atoms. The normalized spacial score (nSPS) is 10.9. The molecule has 0 saturated heterocycles. The van der Waals surface area contributed by atoms with Crippen LogP contribution in [-0.4, -0.2) is 33.9 Å². The van der Waals surface area contributed by atoms with Crippen LogP contribution in [0, 0.1) is 19.7 Å². The van der Waals surface area contributed by atoms with Crippen LogP contribution in [0.15, 0.2) is 36.5 Å². The highest BCUT2D eigenvalue weighted by molar-refractivity contribution is 6.07. The third-order valence-electron chi connectivity index (χ3n) is 4.58. The molecule has 0 saturated carbocycles. The molecule has 1 N–H and O–H groups in total. The zero-order valence-electron chi connectivity index (χ0n) is 16.0. The number of aryl methyl sites for hydroxylation is 2. The number of fused-ring (bicyclic) bond motifs is 1. The molecule has 0 aliphatic rings. The van der Waals surface area contributed by atoms with E-state index in [1.807, 2.05) is 32.9 Å². The van der Waals surface area contributed by atoms with E-state index in [1.54, 1.807) is 30.2 Å². The molecule has 0 aliphatic heterocycles. The molecule has 0 radical (unpaired) electrons. The van der Waals surface area contributed by atoms with Gasteiger partial charge in [0.2, 0.25) is 0 Å². The van der Waals surface area contributed by atoms with Crippen molar-refractivity contribution in [2.75, 3.05) is 18.4 Å². The van der Waals surface area contributed by atoms with Crippen LogP contribution in [0.4, 0.5) is 15.8 Å². The number of carbonyl (C=O) groups is 1. The van der Waals surface area contributed by atoms with Crippen LogP contribution in [0.2, 0.25) is 0 Å². The highest BCUT2D eigenvalue weighted by Crippen LogP contribution is 2.30. The van der Waals surface area contributed by atoms with Gasteiger partial charge in [-0.3, -0.25) is 4.79 Å². The molecule has 0 atom stereocenters. The lowest BCUT2D eigenvalue weighted by molar-refractivity contribution is 0.0774. The Morgan fingerprint density at radius 2 is 1.89 bits per heavy atom. The Morgan fingerprint density at radius 3 is 2.56 bits per heavy atom. The maximum atomic E-state index is 13.6. The van der Waals surface area contributed by atoms with Crippen LogP contribution in [0.3, 0.4) is 0 Å². The van der Waals surface area contributed by atoms with E-state index < -0.39 is 0 Å². The molecule has 3 aromatic rings. The zero-order chi connectivity index (χ0) is 19.6. The highest BCUT2D eigenvalue weighted by atomic mass is 19.1. The second-order valence-electron chi connectivity index (χ2n) is 6.44. The van der Waals surface area contributed by atoms with Gasteiger partial charge in [-0.05, 0) is 63.6 Å². The number of nitrogens with zero attached hydrogens (tertiary/aromatic N) is 3. The van der Waals surface area contributed by atoms with E-state index in [-0.39, 0.29) is 11.7 Å². The molecule has 3 rings (SSSR count). The number of pyridine rings is 2. The zero-order valence-corrected chi connectivity index (χ0v) is 16.0. The monoisotopic (exact) mass is 366 g/mol. The standard InChI is InChI=1S/C21H23FN4O/c1-5-26(6-2)21(27)17-12-23-20-16(9-7-14(4)24-20)19(17)25-15-8-10-18(22)13(3)11-15/h7-12H,5-6H2,1-4H3,(H,23,24,25). The number of carbonyl (C=O) groups excluding carboxylic acids is 1. The van der Waals surface area contributed by atoms with Crippen molar-refractivity contribution in [1.29, 1.82) is 0 Å². The van der Waals surface area contributed by atoms with Gasteiger partial charge in [0.25, 0.3) is 5.91 Å². The van der Waals surface area contributed by atoms with Crippen molar-refractivity contribution in [3.8, 4) is 0 Å². The molecule has 2 aromatic heterocycles. The van der Waals surface area contributed by atoms with Crippen molar-refractivity contribution in [3.05, 3.63) is 59.2 Å². The van der Waals surface area contributed by atoms with Gasteiger partial charge in [0, 0.05) is 36.1 Å². The summed E-state index contributed by atoms with van der Waals surface area (Å²) in [5, 5.41) is 4.04. The number of benzene rings is 1. The van der Waals surface area contributed by atoms with Gasteiger partial charge in [0.15, 0.2) is 5.65 Å². The van der Waals surface area contributed by atoms with E-state index in [4.69, 9.17) is 0 Å². The Morgan fingerprint density at radius 1 is 1.15 bits per heavy atom. The summed E-state index contributed by atoms with van der Waals surface area (Å²) >= 11 is 0. The van der Waals surface area contributed by atoms with Gasteiger partial charge in [-0.2, -0.15) is 0 Å². The second-order valence-corrected chi connectivity index (χ2v) is 6.44. The number of rotatable bonds is 5. The maximum Gasteiger partial charge on any atom is 0.257 e. The van der Waals surface area contributed by atoms with Crippen LogP contribution in [-0.2, 0) is 0 Å². The first-order valence-corrected chi connectivity index (χ1v) is 9.03. The van der Waals surface area contributed by atoms with Crippen LogP contribution < -0.4 is 5.32 Å². The minimum atomic E-state index is -0.267. The van der Waals surface area contributed by atoms with Crippen molar-refractivity contribution in [1.82, 2.24) is 14.9 Å². The highest BCUT2D eigenvalue weighted by Gasteiger charge is 2.20. The average molecular weight is 366 g/mol. The molecular formula is C21H23FN4O. The maximum absolute atomic E-state index is 13.6. The predicted octanol–water partition coefficient (Wildman–Crippen LogP) is 4.61. The van der Waals surface area contributed by atoms with Gasteiger partial charge in [0.1, 0.15) is 5.82 Å². The Balaban J connectivity index is 2.17. The Kier molecular flexibility index (Phi) is 5.35. The fraction of sp³-hybridized carbons (Fsp3) is 0.286. The van der Waals surface area contributed by atoms with Gasteiger partial charge in [-0.1, -0.05) is 0 Å². The van der Waals surface area contributed by atoms with Gasteiger partial charge in [-0.25, -0.2) is 14.4 Å². The predicted molar refractivity (Wildman–Crippen MR) is 106 cm³/mol. The van der Waals surface area contributed by atoms with Gasteiger partial charge in [0.05, 0.1) is 11.3 Å². The van der Waals surface area contributed by atoms with Crippen LogP contribution in [0.1, 0.15) is 35.5 Å². The van der Waals surface area contributed by atoms with Crippen molar-refractivity contribution >= 4 is 28.3 Å². The molecule has 0 unspecified atom stereocenters. The summed E-state index contributed by atoms with van der Waals surface area (Å²) in [6.45, 7) is 8.70. The number of halogens is 1. The number of hydrogen-bond donors (Lipinski definition) is 1. The lowest BCUT2D eigenvalue weighted by atomic mass is 10.1. The quantitative estimate of drug-likeness (QED) is 0.716. The molecule has 1 aromatic carbocycles. The van der Waals surface area contributed by atoms with Crippen molar-refractivity contribution < 1.29 is 9.18 Å². The van der Waals surface area contributed by atoms with Crippen LogP contribution >= 0.6 is 0 Å². The molecule has 1 amide bonds. The summed E-state index contributed by atoms with van der Waals surface area (Å²) in [6.07, 6.45) is 1.56. The summed E-state index contributed by atoms with van der Waals surface area (Å²) in [5.41, 5.74) is 3.75. The first-order valence-electron chi connectivity index (χ1n) is 9.03. The molecule has 0 aliphatic carbocycles. The number of hydrogen-bond acceptors (Lipinski definition) is 4. The summed E-state index contributed by atoms with van der Waals surface area (Å²) in [5.74, 6) is -0.367. The van der Waals surface area contributed by atoms with E-state index in [2.05, 4.69) is 15.3 Å². The summed E-state index contributed by atoms with van der Waals surface area (Å²) in [6, 6.07) is 8.57. The SMILES string of the molecule is CCN(CC)C(=O)c1cnc2nc(C)ccc2c1Nc1ccc(F)c(C)c1. The summed E-state index contributed by atoms with van der Waals surface area (Å²) in [4.78, 5) is 23.6. The third-order valence-corrected chi connectivity index (χ3v) is 4.58. The average Bonchev–Trinajstić information content (AvgIpc) is 2.65. The lowest BCUT2D eigenvalue weighted by Crippen LogP contribution is -2.31. The van der Waals surface area contributed by atoms with Gasteiger partial charge in [-0.15, -0.1) is 0 Å². The van der Waals surface area contributed by atoms with Crippen molar-refractivity contribution in [2.24, 2.45) is 0 Å². The first-order chi connectivity index (χ1) is 12.9. The van der Waals surface area contributed by atoms with E-state index in [0.717, 1.165) is 11.1 Å². The van der Waals surface area contributed by atoms with E-state index >= 15 is 0 Å². The fourth-order valence-electron chi connectivity index (χ4n) is 3.02. The molecule has 0 bridgehead atoms. The number of aromatic nitrogens is 2. The smallest absolute Gasteiger partial charge is 0.257 e. The molecule has 0 spiro atoms. The first kappa shape index (κ1) is 18.8. The van der Waals surface area contributed by atoms with Gasteiger partial charge < -0.3 is 10.2 Å². The number of anilines is 2. The van der Waals surface area contributed by atoms with Crippen molar-refractivity contribution in [2.45, 2.75) is 27.7 Å². The molecule has 5 nitrogen and oxygen atoms in total. The Labute approximate surface area is 158 Å². The lowest BCUT2D eigenvalue weighted by Gasteiger charge is -2.21. The number of nitrogens with one attached hydrogen (secondary N) is 1. The number of amides is 1. The molecular weight excluding hydrogens is 343 g/mol. The van der Waals surface area contributed by atoms with E-state index in [9.17, 15) is 9.18 Å². The Hall–Kier alpha value is -3.02. The largest absolute Gasteiger partial charge is 0.354 e. The molecule has 0 fully saturated rings. The van der Waals surface area contributed by atoms with E-state index in [1.165, 1.54) is 6.07 Å². The molecule has 140 valence electrons. The Bertz CT molecular complexity index is 999. The third kappa shape index (κ3) is 3.74. The topological polar surface area (TPSA) is 58.1 Å². The fourth-order valence-corrected chi connectivity index (χ4v) is 3.02. The van der Waals surface area contributed by atoms with Crippen LogP contribution in [0.25, 0.3) is 11.0 Å². The van der Waals surface area contributed by atoms with E-state index in [0.29, 0.717) is 41.2 Å². The van der Waals surface area contributed by atoms with Crippen molar-refractivity contribution in [3.63, 3.8) is 0 Å². The van der Waals surface area contributed by atoms with Crippen LogP contribution in [0.5, 0.6) is 0 Å².